The fourth-order valence-corrected chi connectivity index (χ4v) is 3.88. The van der Waals surface area contributed by atoms with Crippen molar-refractivity contribution in [2.24, 2.45) is 4.99 Å². The number of hydrogen-bond donors (Lipinski definition) is 2. The summed E-state index contributed by atoms with van der Waals surface area (Å²) in [7, 11) is 4.18. The highest BCUT2D eigenvalue weighted by molar-refractivity contribution is 7.11. The molecule has 2 aromatic rings. The SMILES string of the molecule is CCNC(=NCc1cccc(CN(C)C)c1)NC(C)Cc1ccc(C)s1. The van der Waals surface area contributed by atoms with Gasteiger partial charge in [0.15, 0.2) is 5.96 Å². The molecule has 0 bridgehead atoms. The number of benzene rings is 1. The third-order valence-electron chi connectivity index (χ3n) is 3.94. The van der Waals surface area contributed by atoms with Gasteiger partial charge in [-0.15, -0.1) is 11.3 Å². The van der Waals surface area contributed by atoms with Crippen LogP contribution >= 0.6 is 11.3 Å². The predicted molar refractivity (Wildman–Crippen MR) is 114 cm³/mol. The van der Waals surface area contributed by atoms with Crippen molar-refractivity contribution in [1.82, 2.24) is 15.5 Å². The average Bonchev–Trinajstić information content (AvgIpc) is 2.97. The number of thiophene rings is 1. The van der Waals surface area contributed by atoms with Crippen LogP contribution in [0, 0.1) is 6.92 Å². The van der Waals surface area contributed by atoms with Gasteiger partial charge in [0.05, 0.1) is 6.54 Å². The number of rotatable bonds is 8. The molecule has 4 nitrogen and oxygen atoms in total. The second-order valence-electron chi connectivity index (χ2n) is 7.01. The van der Waals surface area contributed by atoms with Crippen molar-refractivity contribution in [2.75, 3.05) is 20.6 Å². The zero-order valence-electron chi connectivity index (χ0n) is 16.7. The lowest BCUT2D eigenvalue weighted by Crippen LogP contribution is -2.43. The maximum atomic E-state index is 4.78. The molecule has 1 aromatic heterocycles. The topological polar surface area (TPSA) is 39.7 Å². The van der Waals surface area contributed by atoms with Gasteiger partial charge in [0, 0.05) is 35.3 Å². The monoisotopic (exact) mass is 372 g/mol. The van der Waals surface area contributed by atoms with Crippen LogP contribution in [0.1, 0.15) is 34.7 Å². The Hall–Kier alpha value is -1.85. The quantitative estimate of drug-likeness (QED) is 0.547. The molecule has 0 aliphatic rings. The van der Waals surface area contributed by atoms with Crippen molar-refractivity contribution in [1.29, 1.82) is 0 Å². The molecule has 2 N–H and O–H groups in total. The summed E-state index contributed by atoms with van der Waals surface area (Å²) in [6, 6.07) is 13.4. The first-order chi connectivity index (χ1) is 12.5. The standard InChI is InChI=1S/C21H32N4S/c1-6-22-21(24-16(2)12-20-11-10-17(3)26-20)23-14-18-8-7-9-19(13-18)15-25(4)5/h7-11,13,16H,6,12,14-15H2,1-5H3,(H2,22,23,24). The van der Waals surface area contributed by atoms with E-state index in [2.05, 4.69) is 86.8 Å². The molecule has 0 aliphatic carbocycles. The summed E-state index contributed by atoms with van der Waals surface area (Å²) >= 11 is 1.87. The molecular weight excluding hydrogens is 340 g/mol. The number of nitrogens with one attached hydrogen (secondary N) is 2. The second-order valence-corrected chi connectivity index (χ2v) is 8.39. The Balaban J connectivity index is 1.97. The van der Waals surface area contributed by atoms with Gasteiger partial charge in [0.2, 0.25) is 0 Å². The molecule has 1 unspecified atom stereocenters. The van der Waals surface area contributed by atoms with Crippen LogP contribution in [0.3, 0.4) is 0 Å². The van der Waals surface area contributed by atoms with Crippen molar-refractivity contribution in [3.8, 4) is 0 Å². The van der Waals surface area contributed by atoms with Gasteiger partial charge in [-0.2, -0.15) is 0 Å². The van der Waals surface area contributed by atoms with Crippen molar-refractivity contribution in [3.05, 3.63) is 57.3 Å². The Bertz CT molecular complexity index is 706. The Morgan fingerprint density at radius 1 is 1.19 bits per heavy atom. The summed E-state index contributed by atoms with van der Waals surface area (Å²) in [5, 5.41) is 6.89. The van der Waals surface area contributed by atoms with Crippen LogP contribution in [0.4, 0.5) is 0 Å². The lowest BCUT2D eigenvalue weighted by Gasteiger charge is -2.17. The van der Waals surface area contributed by atoms with E-state index in [0.717, 1.165) is 25.5 Å². The number of hydrogen-bond acceptors (Lipinski definition) is 3. The van der Waals surface area contributed by atoms with E-state index in [1.807, 2.05) is 11.3 Å². The fourth-order valence-electron chi connectivity index (χ4n) is 2.86. The van der Waals surface area contributed by atoms with Crippen LogP contribution in [0.2, 0.25) is 0 Å². The highest BCUT2D eigenvalue weighted by Crippen LogP contribution is 2.16. The molecule has 1 heterocycles. The fraction of sp³-hybridized carbons (Fsp3) is 0.476. The van der Waals surface area contributed by atoms with Gasteiger partial charge in [-0.25, -0.2) is 4.99 Å². The summed E-state index contributed by atoms with van der Waals surface area (Å²) in [6.07, 6.45) is 1.02. The Morgan fingerprint density at radius 3 is 2.62 bits per heavy atom. The zero-order valence-corrected chi connectivity index (χ0v) is 17.5. The minimum Gasteiger partial charge on any atom is -0.357 e. The molecule has 0 aliphatic heterocycles. The van der Waals surface area contributed by atoms with E-state index in [1.54, 1.807) is 0 Å². The lowest BCUT2D eigenvalue weighted by atomic mass is 10.1. The van der Waals surface area contributed by atoms with Crippen LogP contribution in [0.25, 0.3) is 0 Å². The summed E-state index contributed by atoms with van der Waals surface area (Å²) in [5.41, 5.74) is 2.56. The molecule has 0 saturated carbocycles. The van der Waals surface area contributed by atoms with Gasteiger partial charge in [-0.1, -0.05) is 24.3 Å². The molecule has 1 aromatic carbocycles. The summed E-state index contributed by atoms with van der Waals surface area (Å²) in [6.45, 7) is 8.95. The van der Waals surface area contributed by atoms with Crippen molar-refractivity contribution >= 4 is 17.3 Å². The molecule has 2 rings (SSSR count). The summed E-state index contributed by atoms with van der Waals surface area (Å²) in [4.78, 5) is 9.74. The number of aliphatic imine (C=N–C) groups is 1. The first-order valence-corrected chi connectivity index (χ1v) is 10.1. The predicted octanol–water partition coefficient (Wildman–Crippen LogP) is 3.80. The summed E-state index contributed by atoms with van der Waals surface area (Å²) < 4.78 is 0. The van der Waals surface area contributed by atoms with Crippen LogP contribution in [0.5, 0.6) is 0 Å². The molecule has 0 saturated heterocycles. The van der Waals surface area contributed by atoms with E-state index >= 15 is 0 Å². The van der Waals surface area contributed by atoms with Crippen LogP contribution in [-0.4, -0.2) is 37.5 Å². The normalized spacial score (nSPS) is 13.1. The van der Waals surface area contributed by atoms with Gasteiger partial charge in [-0.05, 0) is 58.1 Å². The molecule has 1 atom stereocenters. The molecular formula is C21H32N4S. The van der Waals surface area contributed by atoms with E-state index in [1.165, 1.54) is 20.9 Å². The van der Waals surface area contributed by atoms with E-state index in [0.29, 0.717) is 12.6 Å². The first kappa shape index (κ1) is 20.5. The maximum absolute atomic E-state index is 4.78. The van der Waals surface area contributed by atoms with Gasteiger partial charge >= 0.3 is 0 Å². The number of guanidine groups is 1. The average molecular weight is 373 g/mol. The van der Waals surface area contributed by atoms with E-state index in [-0.39, 0.29) is 0 Å². The minimum absolute atomic E-state index is 0.339. The molecule has 0 spiro atoms. The van der Waals surface area contributed by atoms with Gasteiger partial charge in [0.1, 0.15) is 0 Å². The van der Waals surface area contributed by atoms with E-state index < -0.39 is 0 Å². The molecule has 0 radical (unpaired) electrons. The lowest BCUT2D eigenvalue weighted by molar-refractivity contribution is 0.402. The van der Waals surface area contributed by atoms with Gasteiger partial charge in [0.25, 0.3) is 0 Å². The van der Waals surface area contributed by atoms with E-state index in [9.17, 15) is 0 Å². The van der Waals surface area contributed by atoms with Crippen LogP contribution in [-0.2, 0) is 19.5 Å². The smallest absolute Gasteiger partial charge is 0.191 e. The molecule has 5 heteroatoms. The maximum Gasteiger partial charge on any atom is 0.191 e. The highest BCUT2D eigenvalue weighted by Gasteiger charge is 2.08. The Labute approximate surface area is 162 Å². The number of aryl methyl sites for hydroxylation is 1. The highest BCUT2D eigenvalue weighted by atomic mass is 32.1. The van der Waals surface area contributed by atoms with Gasteiger partial charge in [-0.3, -0.25) is 0 Å². The van der Waals surface area contributed by atoms with Gasteiger partial charge < -0.3 is 15.5 Å². The molecule has 26 heavy (non-hydrogen) atoms. The first-order valence-electron chi connectivity index (χ1n) is 9.29. The Kier molecular flexibility index (Phi) is 8.13. The molecule has 0 fully saturated rings. The van der Waals surface area contributed by atoms with Crippen molar-refractivity contribution < 1.29 is 0 Å². The number of nitrogens with zero attached hydrogens (tertiary/aromatic N) is 2. The van der Waals surface area contributed by atoms with Crippen molar-refractivity contribution in [2.45, 2.75) is 46.3 Å². The molecule has 142 valence electrons. The largest absolute Gasteiger partial charge is 0.357 e. The van der Waals surface area contributed by atoms with E-state index in [4.69, 9.17) is 4.99 Å². The third-order valence-corrected chi connectivity index (χ3v) is 4.96. The molecule has 0 amide bonds. The minimum atomic E-state index is 0.339. The zero-order chi connectivity index (χ0) is 18.9. The van der Waals surface area contributed by atoms with Crippen LogP contribution in [0.15, 0.2) is 41.4 Å². The van der Waals surface area contributed by atoms with Crippen LogP contribution < -0.4 is 10.6 Å². The second kappa shape index (κ2) is 10.3. The third kappa shape index (κ3) is 7.18. The van der Waals surface area contributed by atoms with Crippen molar-refractivity contribution in [3.63, 3.8) is 0 Å². The Morgan fingerprint density at radius 2 is 1.96 bits per heavy atom. The summed E-state index contributed by atoms with van der Waals surface area (Å²) in [5.74, 6) is 0.881.